The van der Waals surface area contributed by atoms with E-state index in [9.17, 15) is 22.8 Å². The molecule has 1 fully saturated rings. The van der Waals surface area contributed by atoms with Crippen molar-refractivity contribution in [1.82, 2.24) is 10.2 Å². The number of hydrogen-bond acceptors (Lipinski definition) is 3. The Morgan fingerprint density at radius 3 is 2.50 bits per heavy atom. The standard InChI is InChI=1S/C8H6F3N3O2/c9-8(10,11)5-2-6(13-12-5)14-3-4(15)1-7(14)16/h2H,1,3H2,(H,12,13). The normalized spacial score (nSPS) is 17.3. The number of alkyl halides is 3. The molecule has 1 amide bonds. The van der Waals surface area contributed by atoms with Crippen molar-refractivity contribution in [2.45, 2.75) is 12.6 Å². The second kappa shape index (κ2) is 3.32. The minimum absolute atomic E-state index is 0.178. The molecule has 16 heavy (non-hydrogen) atoms. The Kier molecular flexibility index (Phi) is 2.21. The van der Waals surface area contributed by atoms with E-state index in [0.717, 1.165) is 4.90 Å². The lowest BCUT2D eigenvalue weighted by Crippen LogP contribution is -2.24. The number of H-pyrrole nitrogens is 1. The smallest absolute Gasteiger partial charge is 0.297 e. The zero-order valence-corrected chi connectivity index (χ0v) is 7.84. The summed E-state index contributed by atoms with van der Waals surface area (Å²) in [5, 5.41) is 5.14. The summed E-state index contributed by atoms with van der Waals surface area (Å²) in [5.41, 5.74) is -1.05. The Hall–Kier alpha value is -1.86. The molecule has 5 nitrogen and oxygen atoms in total. The lowest BCUT2D eigenvalue weighted by atomic mass is 10.3. The molecule has 1 N–H and O–H groups in total. The second-order valence-electron chi connectivity index (χ2n) is 3.33. The Balaban J connectivity index is 2.26. The molecule has 0 spiro atoms. The molecule has 8 heteroatoms. The first-order valence-electron chi connectivity index (χ1n) is 4.32. The predicted octanol–water partition coefficient (Wildman–Crippen LogP) is 0.734. The first kappa shape index (κ1) is 10.7. The summed E-state index contributed by atoms with van der Waals surface area (Å²) >= 11 is 0. The molecule has 0 bridgehead atoms. The van der Waals surface area contributed by atoms with Crippen molar-refractivity contribution >= 4 is 17.5 Å². The maximum absolute atomic E-state index is 12.2. The Bertz CT molecular complexity index is 452. The van der Waals surface area contributed by atoms with E-state index in [-0.39, 0.29) is 24.6 Å². The second-order valence-corrected chi connectivity index (χ2v) is 3.33. The number of nitrogens with one attached hydrogen (secondary N) is 1. The average molecular weight is 233 g/mol. The van der Waals surface area contributed by atoms with Crippen molar-refractivity contribution in [3.63, 3.8) is 0 Å². The topological polar surface area (TPSA) is 66.1 Å². The van der Waals surface area contributed by atoms with Gasteiger partial charge in [-0.3, -0.25) is 19.6 Å². The van der Waals surface area contributed by atoms with E-state index < -0.39 is 17.8 Å². The van der Waals surface area contributed by atoms with Gasteiger partial charge in [0.05, 0.1) is 13.0 Å². The van der Waals surface area contributed by atoms with Crippen LogP contribution in [0.1, 0.15) is 12.1 Å². The highest BCUT2D eigenvalue weighted by Gasteiger charge is 2.36. The summed E-state index contributed by atoms with van der Waals surface area (Å²) in [6, 6.07) is 0.705. The molecular weight excluding hydrogens is 227 g/mol. The van der Waals surface area contributed by atoms with Crippen molar-refractivity contribution in [2.24, 2.45) is 0 Å². The van der Waals surface area contributed by atoms with Gasteiger partial charge < -0.3 is 0 Å². The highest BCUT2D eigenvalue weighted by atomic mass is 19.4. The Labute approximate surface area is 87.2 Å². The SMILES string of the molecule is O=C1CC(=O)N(c2cc(C(F)(F)F)[nH]n2)C1. The molecule has 2 heterocycles. The highest BCUT2D eigenvalue weighted by molar-refractivity contribution is 6.14. The first-order chi connectivity index (χ1) is 7.38. The number of halogens is 3. The van der Waals surface area contributed by atoms with Gasteiger partial charge in [0.15, 0.2) is 11.6 Å². The number of carbonyl (C=O) groups excluding carboxylic acids is 2. The summed E-state index contributed by atoms with van der Waals surface area (Å²) in [6.45, 7) is -0.221. The Morgan fingerprint density at radius 2 is 2.06 bits per heavy atom. The number of carbonyl (C=O) groups is 2. The van der Waals surface area contributed by atoms with Gasteiger partial charge in [0, 0.05) is 6.07 Å². The summed E-state index contributed by atoms with van der Waals surface area (Å²) in [5.74, 6) is -1.05. The zero-order valence-electron chi connectivity index (χ0n) is 7.84. The van der Waals surface area contributed by atoms with E-state index in [4.69, 9.17) is 0 Å². The van der Waals surface area contributed by atoms with Crippen LogP contribution in [0.5, 0.6) is 0 Å². The molecule has 0 aromatic carbocycles. The first-order valence-corrected chi connectivity index (χ1v) is 4.32. The third-order valence-electron chi connectivity index (χ3n) is 2.13. The van der Waals surface area contributed by atoms with Crippen molar-refractivity contribution in [1.29, 1.82) is 0 Å². The summed E-state index contributed by atoms with van der Waals surface area (Å²) < 4.78 is 36.7. The molecule has 1 saturated heterocycles. The van der Waals surface area contributed by atoms with Crippen LogP contribution in [-0.2, 0) is 15.8 Å². The molecule has 1 aliphatic heterocycles. The third kappa shape index (κ3) is 1.77. The molecule has 0 unspecified atom stereocenters. The molecular formula is C8H6F3N3O2. The molecule has 86 valence electrons. The van der Waals surface area contributed by atoms with Gasteiger partial charge in [0.1, 0.15) is 5.69 Å². The van der Waals surface area contributed by atoms with Crippen LogP contribution in [0, 0.1) is 0 Å². The van der Waals surface area contributed by atoms with Crippen molar-refractivity contribution in [3.05, 3.63) is 11.8 Å². The molecule has 1 aromatic heterocycles. The fourth-order valence-electron chi connectivity index (χ4n) is 1.39. The fraction of sp³-hybridized carbons (Fsp3) is 0.375. The van der Waals surface area contributed by atoms with Crippen molar-refractivity contribution in [2.75, 3.05) is 11.4 Å². The zero-order chi connectivity index (χ0) is 11.9. The molecule has 0 atom stereocenters. The average Bonchev–Trinajstić information content (AvgIpc) is 2.70. The highest BCUT2D eigenvalue weighted by Crippen LogP contribution is 2.30. The number of aromatic amines is 1. The molecule has 0 aliphatic carbocycles. The quantitative estimate of drug-likeness (QED) is 0.727. The molecule has 1 aliphatic rings. The number of aromatic nitrogens is 2. The number of Topliss-reactive ketones (excluding diaryl/α,β-unsaturated/α-hetero) is 1. The van der Waals surface area contributed by atoms with Gasteiger partial charge >= 0.3 is 6.18 Å². The Morgan fingerprint density at radius 1 is 1.38 bits per heavy atom. The molecule has 1 aromatic rings. The van der Waals surface area contributed by atoms with Gasteiger partial charge in [0.25, 0.3) is 0 Å². The summed E-state index contributed by atoms with van der Waals surface area (Å²) in [6.07, 6.45) is -4.83. The summed E-state index contributed by atoms with van der Waals surface area (Å²) in [4.78, 5) is 23.1. The van der Waals surface area contributed by atoms with E-state index in [2.05, 4.69) is 5.10 Å². The minimum Gasteiger partial charge on any atom is -0.297 e. The van der Waals surface area contributed by atoms with Crippen LogP contribution in [0.15, 0.2) is 6.07 Å². The van der Waals surface area contributed by atoms with Gasteiger partial charge in [-0.15, -0.1) is 0 Å². The number of amides is 1. The number of hydrogen-bond donors (Lipinski definition) is 1. The molecule has 2 rings (SSSR count). The summed E-state index contributed by atoms with van der Waals surface area (Å²) in [7, 11) is 0. The number of anilines is 1. The van der Waals surface area contributed by atoms with Crippen LogP contribution in [0.25, 0.3) is 0 Å². The maximum Gasteiger partial charge on any atom is 0.432 e. The van der Waals surface area contributed by atoms with Crippen LogP contribution in [0.3, 0.4) is 0 Å². The monoisotopic (exact) mass is 233 g/mol. The van der Waals surface area contributed by atoms with Crippen LogP contribution in [0.4, 0.5) is 19.0 Å². The lowest BCUT2D eigenvalue weighted by molar-refractivity contribution is -0.141. The fourth-order valence-corrected chi connectivity index (χ4v) is 1.39. The van der Waals surface area contributed by atoms with Crippen molar-refractivity contribution in [3.8, 4) is 0 Å². The van der Waals surface area contributed by atoms with Crippen LogP contribution < -0.4 is 4.90 Å². The lowest BCUT2D eigenvalue weighted by Gasteiger charge is -2.09. The molecule has 0 saturated carbocycles. The number of ketones is 1. The van der Waals surface area contributed by atoms with Crippen LogP contribution >= 0.6 is 0 Å². The third-order valence-corrected chi connectivity index (χ3v) is 2.13. The van der Waals surface area contributed by atoms with Gasteiger partial charge in [0.2, 0.25) is 5.91 Å². The molecule has 0 radical (unpaired) electrons. The largest absolute Gasteiger partial charge is 0.432 e. The van der Waals surface area contributed by atoms with E-state index in [1.807, 2.05) is 0 Å². The van der Waals surface area contributed by atoms with E-state index in [1.54, 1.807) is 5.10 Å². The van der Waals surface area contributed by atoms with E-state index >= 15 is 0 Å². The van der Waals surface area contributed by atoms with Crippen LogP contribution in [0.2, 0.25) is 0 Å². The van der Waals surface area contributed by atoms with Gasteiger partial charge in [-0.2, -0.15) is 18.3 Å². The minimum atomic E-state index is -4.54. The van der Waals surface area contributed by atoms with Gasteiger partial charge in [-0.1, -0.05) is 0 Å². The predicted molar refractivity (Wildman–Crippen MR) is 45.6 cm³/mol. The van der Waals surface area contributed by atoms with Gasteiger partial charge in [-0.05, 0) is 0 Å². The van der Waals surface area contributed by atoms with Crippen LogP contribution in [-0.4, -0.2) is 28.4 Å². The van der Waals surface area contributed by atoms with E-state index in [1.165, 1.54) is 0 Å². The maximum atomic E-state index is 12.2. The van der Waals surface area contributed by atoms with Crippen molar-refractivity contribution < 1.29 is 22.8 Å². The van der Waals surface area contributed by atoms with Gasteiger partial charge in [-0.25, -0.2) is 0 Å². The number of rotatable bonds is 1. The van der Waals surface area contributed by atoms with E-state index in [0.29, 0.717) is 6.07 Å². The number of nitrogens with zero attached hydrogens (tertiary/aromatic N) is 2.